The predicted molar refractivity (Wildman–Crippen MR) is 86.0 cm³/mol. The molecule has 0 aliphatic heterocycles. The SMILES string of the molecule is CC(N)c1ccc(Oc2cc(Br)ccc2Cl)c(Br)c1. The second-order valence-corrected chi connectivity index (χ2v) is 6.33. The van der Waals surface area contributed by atoms with Crippen molar-refractivity contribution in [3.63, 3.8) is 0 Å². The first-order chi connectivity index (χ1) is 8.97. The first-order valence-corrected chi connectivity index (χ1v) is 7.61. The Morgan fingerprint density at radius 2 is 1.84 bits per heavy atom. The minimum absolute atomic E-state index is 0.0141. The van der Waals surface area contributed by atoms with Gasteiger partial charge in [0.1, 0.15) is 11.5 Å². The number of ether oxygens (including phenoxy) is 1. The third-order valence-corrected chi connectivity index (χ3v) is 4.02. The molecule has 0 saturated carbocycles. The van der Waals surface area contributed by atoms with Crippen LogP contribution in [-0.2, 0) is 0 Å². The highest BCUT2D eigenvalue weighted by Gasteiger charge is 2.09. The standard InChI is InChI=1S/C14H12Br2ClNO/c1-8(18)9-2-5-13(11(16)6-9)19-14-7-10(15)3-4-12(14)17/h2-8H,18H2,1H3. The summed E-state index contributed by atoms with van der Waals surface area (Å²) in [5, 5.41) is 0.561. The van der Waals surface area contributed by atoms with Crippen molar-refractivity contribution in [2.75, 3.05) is 0 Å². The number of halogens is 3. The zero-order valence-corrected chi connectivity index (χ0v) is 14.1. The van der Waals surface area contributed by atoms with Crippen LogP contribution in [0.2, 0.25) is 5.02 Å². The van der Waals surface area contributed by atoms with Crippen LogP contribution in [0.25, 0.3) is 0 Å². The molecule has 1 unspecified atom stereocenters. The molecular formula is C14H12Br2ClNO. The molecule has 5 heteroatoms. The molecule has 2 aromatic rings. The van der Waals surface area contributed by atoms with Crippen molar-refractivity contribution in [1.29, 1.82) is 0 Å². The molecule has 2 nitrogen and oxygen atoms in total. The third-order valence-electron chi connectivity index (χ3n) is 2.59. The topological polar surface area (TPSA) is 35.2 Å². The quantitative estimate of drug-likeness (QED) is 0.713. The molecule has 100 valence electrons. The van der Waals surface area contributed by atoms with Crippen LogP contribution in [0.5, 0.6) is 11.5 Å². The molecule has 0 radical (unpaired) electrons. The summed E-state index contributed by atoms with van der Waals surface area (Å²) in [5.74, 6) is 1.30. The number of hydrogen-bond donors (Lipinski definition) is 1. The smallest absolute Gasteiger partial charge is 0.147 e. The molecule has 0 aliphatic rings. The maximum Gasteiger partial charge on any atom is 0.147 e. The molecule has 0 aliphatic carbocycles. The van der Waals surface area contributed by atoms with Gasteiger partial charge in [0.05, 0.1) is 9.50 Å². The van der Waals surface area contributed by atoms with Crippen LogP contribution in [0.15, 0.2) is 45.3 Å². The van der Waals surface area contributed by atoms with Crippen molar-refractivity contribution < 1.29 is 4.74 Å². The Labute approximate surface area is 134 Å². The zero-order chi connectivity index (χ0) is 14.0. The number of rotatable bonds is 3. The molecule has 0 fully saturated rings. The lowest BCUT2D eigenvalue weighted by Gasteiger charge is -2.12. The highest BCUT2D eigenvalue weighted by atomic mass is 79.9. The molecule has 2 aromatic carbocycles. The summed E-state index contributed by atoms with van der Waals surface area (Å²) in [6, 6.07) is 11.2. The number of nitrogens with two attached hydrogens (primary N) is 1. The first kappa shape index (κ1) is 14.9. The minimum atomic E-state index is -0.0141. The number of hydrogen-bond acceptors (Lipinski definition) is 2. The highest BCUT2D eigenvalue weighted by molar-refractivity contribution is 9.10. The van der Waals surface area contributed by atoms with Crippen LogP contribution in [0, 0.1) is 0 Å². The average Bonchev–Trinajstić information content (AvgIpc) is 2.36. The summed E-state index contributed by atoms with van der Waals surface area (Å²) >= 11 is 13.0. The molecule has 2 N–H and O–H groups in total. The van der Waals surface area contributed by atoms with E-state index in [2.05, 4.69) is 31.9 Å². The Kier molecular flexibility index (Phi) is 4.90. The van der Waals surface area contributed by atoms with Crippen LogP contribution in [-0.4, -0.2) is 0 Å². The van der Waals surface area contributed by atoms with Gasteiger partial charge in [0.15, 0.2) is 0 Å². The van der Waals surface area contributed by atoms with Crippen LogP contribution in [0.3, 0.4) is 0 Å². The van der Waals surface area contributed by atoms with E-state index in [0.717, 1.165) is 14.5 Å². The molecule has 0 bridgehead atoms. The van der Waals surface area contributed by atoms with Gasteiger partial charge in [-0.1, -0.05) is 33.6 Å². The molecular weight excluding hydrogens is 393 g/mol. The number of benzene rings is 2. The zero-order valence-electron chi connectivity index (χ0n) is 10.2. The van der Waals surface area contributed by atoms with E-state index in [1.54, 1.807) is 6.07 Å². The Balaban J connectivity index is 2.31. The Bertz CT molecular complexity index is 602. The fraction of sp³-hybridized carbons (Fsp3) is 0.143. The van der Waals surface area contributed by atoms with Crippen LogP contribution in [0.1, 0.15) is 18.5 Å². The largest absolute Gasteiger partial charge is 0.455 e. The Morgan fingerprint density at radius 3 is 2.47 bits per heavy atom. The lowest BCUT2D eigenvalue weighted by Crippen LogP contribution is -2.04. The van der Waals surface area contributed by atoms with Crippen LogP contribution in [0.4, 0.5) is 0 Å². The lowest BCUT2D eigenvalue weighted by molar-refractivity contribution is 0.479. The fourth-order valence-electron chi connectivity index (χ4n) is 1.56. The van der Waals surface area contributed by atoms with Gasteiger partial charge in [0, 0.05) is 10.5 Å². The van der Waals surface area contributed by atoms with E-state index in [4.69, 9.17) is 22.1 Å². The summed E-state index contributed by atoms with van der Waals surface area (Å²) < 4.78 is 7.56. The summed E-state index contributed by atoms with van der Waals surface area (Å²) in [7, 11) is 0. The molecule has 2 rings (SSSR count). The molecule has 19 heavy (non-hydrogen) atoms. The predicted octanol–water partition coefficient (Wildman–Crippen LogP) is 5.68. The average molecular weight is 406 g/mol. The van der Waals surface area contributed by atoms with Gasteiger partial charge < -0.3 is 10.5 Å². The van der Waals surface area contributed by atoms with Gasteiger partial charge >= 0.3 is 0 Å². The van der Waals surface area contributed by atoms with Gasteiger partial charge in [-0.25, -0.2) is 0 Å². The van der Waals surface area contributed by atoms with E-state index in [-0.39, 0.29) is 6.04 Å². The van der Waals surface area contributed by atoms with E-state index >= 15 is 0 Å². The van der Waals surface area contributed by atoms with Gasteiger partial charge in [0.25, 0.3) is 0 Å². The summed E-state index contributed by atoms with van der Waals surface area (Å²) in [4.78, 5) is 0. The van der Waals surface area contributed by atoms with Crippen LogP contribution < -0.4 is 10.5 Å². The fourth-order valence-corrected chi connectivity index (χ4v) is 2.53. The molecule has 1 atom stereocenters. The summed E-state index contributed by atoms with van der Waals surface area (Å²) in [6.07, 6.45) is 0. The molecule has 0 aromatic heterocycles. The molecule has 0 amide bonds. The van der Waals surface area contributed by atoms with E-state index < -0.39 is 0 Å². The minimum Gasteiger partial charge on any atom is -0.455 e. The molecule has 0 spiro atoms. The second-order valence-electron chi connectivity index (χ2n) is 4.16. The van der Waals surface area contributed by atoms with Crippen LogP contribution >= 0.6 is 43.5 Å². The summed E-state index contributed by atoms with van der Waals surface area (Å²) in [5.41, 5.74) is 6.88. The third kappa shape index (κ3) is 3.72. The molecule has 0 saturated heterocycles. The molecule has 0 heterocycles. The Hall–Kier alpha value is -0.550. The van der Waals surface area contributed by atoms with E-state index in [1.807, 2.05) is 37.3 Å². The highest BCUT2D eigenvalue weighted by Crippen LogP contribution is 2.36. The van der Waals surface area contributed by atoms with Gasteiger partial charge in [0.2, 0.25) is 0 Å². The van der Waals surface area contributed by atoms with Crippen molar-refractivity contribution in [2.24, 2.45) is 5.73 Å². The van der Waals surface area contributed by atoms with Gasteiger partial charge in [-0.05, 0) is 58.7 Å². The van der Waals surface area contributed by atoms with Crippen molar-refractivity contribution >= 4 is 43.5 Å². The van der Waals surface area contributed by atoms with Gasteiger partial charge in [-0.2, -0.15) is 0 Å². The normalized spacial score (nSPS) is 12.3. The summed E-state index contributed by atoms with van der Waals surface area (Å²) in [6.45, 7) is 1.94. The second kappa shape index (κ2) is 6.27. The Morgan fingerprint density at radius 1 is 1.11 bits per heavy atom. The van der Waals surface area contributed by atoms with E-state index in [9.17, 15) is 0 Å². The maximum absolute atomic E-state index is 6.10. The lowest BCUT2D eigenvalue weighted by atomic mass is 10.1. The van der Waals surface area contributed by atoms with E-state index in [1.165, 1.54) is 0 Å². The van der Waals surface area contributed by atoms with Crippen molar-refractivity contribution in [1.82, 2.24) is 0 Å². The maximum atomic E-state index is 6.10. The van der Waals surface area contributed by atoms with Crippen molar-refractivity contribution in [2.45, 2.75) is 13.0 Å². The monoisotopic (exact) mass is 403 g/mol. The first-order valence-electron chi connectivity index (χ1n) is 5.65. The van der Waals surface area contributed by atoms with Gasteiger partial charge in [-0.3, -0.25) is 0 Å². The van der Waals surface area contributed by atoms with E-state index in [0.29, 0.717) is 16.5 Å². The van der Waals surface area contributed by atoms with Crippen molar-refractivity contribution in [3.05, 3.63) is 55.9 Å². The van der Waals surface area contributed by atoms with Crippen molar-refractivity contribution in [3.8, 4) is 11.5 Å². The van der Waals surface area contributed by atoms with Gasteiger partial charge in [-0.15, -0.1) is 0 Å².